The molecule has 0 amide bonds. The maximum absolute atomic E-state index is 12.7. The van der Waals surface area contributed by atoms with E-state index in [0.717, 1.165) is 20.8 Å². The fourth-order valence-corrected chi connectivity index (χ4v) is 5.71. The van der Waals surface area contributed by atoms with Gasteiger partial charge in [-0.1, -0.05) is 6.07 Å². The number of aryl methyl sites for hydroxylation is 1. The predicted molar refractivity (Wildman–Crippen MR) is 121 cm³/mol. The summed E-state index contributed by atoms with van der Waals surface area (Å²) < 4.78 is 34.8. The summed E-state index contributed by atoms with van der Waals surface area (Å²) in [6, 6.07) is 18.0. The van der Waals surface area contributed by atoms with Gasteiger partial charge in [0.05, 0.1) is 26.7 Å². The van der Waals surface area contributed by atoms with Gasteiger partial charge in [-0.15, -0.1) is 11.3 Å². The maximum atomic E-state index is 12.7. The monoisotopic (exact) mass is 488 g/mol. The van der Waals surface area contributed by atoms with E-state index in [0.29, 0.717) is 15.9 Å². The third kappa shape index (κ3) is 4.14. The van der Waals surface area contributed by atoms with Crippen LogP contribution in [-0.2, 0) is 10.0 Å². The van der Waals surface area contributed by atoms with Crippen molar-refractivity contribution in [2.24, 2.45) is 0 Å². The first kappa shape index (κ1) is 19.9. The van der Waals surface area contributed by atoms with Gasteiger partial charge in [-0.25, -0.2) is 13.4 Å². The fourth-order valence-electron chi connectivity index (χ4n) is 2.86. The number of halogens is 1. The van der Waals surface area contributed by atoms with Crippen LogP contribution in [0.25, 0.3) is 20.8 Å². The van der Waals surface area contributed by atoms with Crippen molar-refractivity contribution in [2.45, 2.75) is 11.8 Å². The number of hydrogen-bond acceptors (Lipinski definition) is 5. The standard InChI is InChI=1S/C21H17BrN2O3S2/c1-13-3-9-18-20(11-13)28-21(23-18)14-4-6-15(7-5-14)24-29(25,26)16-8-10-19(27-2)17(22)12-16/h3-12,24H,1-2H3. The number of ether oxygens (including phenoxy) is 1. The lowest BCUT2D eigenvalue weighted by molar-refractivity contribution is 0.411. The highest BCUT2D eigenvalue weighted by Crippen LogP contribution is 2.32. The quantitative estimate of drug-likeness (QED) is 0.382. The number of benzene rings is 3. The molecule has 4 aromatic rings. The summed E-state index contributed by atoms with van der Waals surface area (Å²) in [4.78, 5) is 4.81. The van der Waals surface area contributed by atoms with Crippen LogP contribution in [0.4, 0.5) is 5.69 Å². The molecular weight excluding hydrogens is 472 g/mol. The Labute approximate surface area is 181 Å². The molecule has 29 heavy (non-hydrogen) atoms. The van der Waals surface area contributed by atoms with Crippen LogP contribution in [0.15, 0.2) is 70.0 Å². The summed E-state index contributed by atoms with van der Waals surface area (Å²) in [6.07, 6.45) is 0. The molecule has 1 aromatic heterocycles. The molecule has 8 heteroatoms. The molecule has 148 valence electrons. The summed E-state index contributed by atoms with van der Waals surface area (Å²) in [5.41, 5.74) is 3.59. The number of nitrogens with zero attached hydrogens (tertiary/aromatic N) is 1. The second-order valence-corrected chi connectivity index (χ2v) is 10.0. The number of aromatic nitrogens is 1. The van der Waals surface area contributed by atoms with E-state index < -0.39 is 10.0 Å². The summed E-state index contributed by atoms with van der Waals surface area (Å²) >= 11 is 4.94. The Balaban J connectivity index is 1.58. The zero-order valence-corrected chi connectivity index (χ0v) is 18.9. The average molecular weight is 489 g/mol. The average Bonchev–Trinajstić information content (AvgIpc) is 3.11. The Bertz CT molecular complexity index is 1300. The first-order chi connectivity index (χ1) is 13.9. The van der Waals surface area contributed by atoms with Crippen LogP contribution in [0.5, 0.6) is 5.75 Å². The van der Waals surface area contributed by atoms with Crippen LogP contribution in [-0.4, -0.2) is 20.5 Å². The van der Waals surface area contributed by atoms with Crippen LogP contribution < -0.4 is 9.46 Å². The molecule has 1 N–H and O–H groups in total. The van der Waals surface area contributed by atoms with Gasteiger partial charge in [0.25, 0.3) is 10.0 Å². The van der Waals surface area contributed by atoms with Crippen molar-refractivity contribution in [1.29, 1.82) is 0 Å². The highest BCUT2D eigenvalue weighted by Gasteiger charge is 2.16. The number of rotatable bonds is 5. The summed E-state index contributed by atoms with van der Waals surface area (Å²) in [7, 11) is -2.18. The van der Waals surface area contributed by atoms with E-state index in [1.54, 1.807) is 29.5 Å². The van der Waals surface area contributed by atoms with Crippen molar-refractivity contribution in [3.63, 3.8) is 0 Å². The molecule has 3 aromatic carbocycles. The van der Waals surface area contributed by atoms with Crippen molar-refractivity contribution in [3.05, 3.63) is 70.7 Å². The molecule has 0 bridgehead atoms. The van der Waals surface area contributed by atoms with Crippen molar-refractivity contribution in [1.82, 2.24) is 4.98 Å². The molecular formula is C21H17BrN2O3S2. The van der Waals surface area contributed by atoms with Crippen LogP contribution in [0.1, 0.15) is 5.56 Å². The Morgan fingerprint density at radius 1 is 1.03 bits per heavy atom. The zero-order chi connectivity index (χ0) is 20.6. The topological polar surface area (TPSA) is 68.3 Å². The lowest BCUT2D eigenvalue weighted by Gasteiger charge is -2.10. The smallest absolute Gasteiger partial charge is 0.261 e. The highest BCUT2D eigenvalue weighted by molar-refractivity contribution is 9.10. The zero-order valence-electron chi connectivity index (χ0n) is 15.6. The molecule has 0 aliphatic carbocycles. The van der Waals surface area contributed by atoms with Crippen LogP contribution in [0, 0.1) is 6.92 Å². The van der Waals surface area contributed by atoms with Crippen molar-refractivity contribution in [3.8, 4) is 16.3 Å². The van der Waals surface area contributed by atoms with Gasteiger partial charge in [-0.2, -0.15) is 0 Å². The second-order valence-electron chi connectivity index (χ2n) is 6.47. The van der Waals surface area contributed by atoms with E-state index in [2.05, 4.69) is 38.6 Å². The third-order valence-corrected chi connectivity index (χ3v) is 7.43. The molecule has 0 atom stereocenters. The lowest BCUT2D eigenvalue weighted by Crippen LogP contribution is -2.12. The van der Waals surface area contributed by atoms with E-state index in [4.69, 9.17) is 4.74 Å². The molecule has 0 spiro atoms. The van der Waals surface area contributed by atoms with Crippen LogP contribution in [0.2, 0.25) is 0 Å². The fraction of sp³-hybridized carbons (Fsp3) is 0.0952. The van der Waals surface area contributed by atoms with Gasteiger partial charge in [0, 0.05) is 11.3 Å². The molecule has 5 nitrogen and oxygen atoms in total. The molecule has 0 aliphatic rings. The molecule has 4 rings (SSSR count). The summed E-state index contributed by atoms with van der Waals surface area (Å²) in [5, 5.41) is 0.902. The van der Waals surface area contributed by atoms with Crippen molar-refractivity contribution in [2.75, 3.05) is 11.8 Å². The number of hydrogen-bond donors (Lipinski definition) is 1. The van der Waals surface area contributed by atoms with E-state index in [1.165, 1.54) is 24.8 Å². The number of sulfonamides is 1. The van der Waals surface area contributed by atoms with Gasteiger partial charge >= 0.3 is 0 Å². The Morgan fingerprint density at radius 2 is 1.79 bits per heavy atom. The Kier molecular flexibility index (Phi) is 5.33. The molecule has 0 fully saturated rings. The highest BCUT2D eigenvalue weighted by atomic mass is 79.9. The van der Waals surface area contributed by atoms with Crippen molar-refractivity contribution < 1.29 is 13.2 Å². The molecule has 1 heterocycles. The summed E-state index contributed by atoms with van der Waals surface area (Å²) in [5.74, 6) is 0.569. The number of methoxy groups -OCH3 is 1. The van der Waals surface area contributed by atoms with Gasteiger partial charge in [0.2, 0.25) is 0 Å². The Hall–Kier alpha value is -2.42. The largest absolute Gasteiger partial charge is 0.496 e. The van der Waals surface area contributed by atoms with E-state index in [1.807, 2.05) is 24.3 Å². The number of fused-ring (bicyclic) bond motifs is 1. The van der Waals surface area contributed by atoms with E-state index >= 15 is 0 Å². The maximum Gasteiger partial charge on any atom is 0.261 e. The van der Waals surface area contributed by atoms with E-state index in [9.17, 15) is 8.42 Å². The first-order valence-electron chi connectivity index (χ1n) is 8.70. The summed E-state index contributed by atoms with van der Waals surface area (Å²) in [6.45, 7) is 2.06. The SMILES string of the molecule is COc1ccc(S(=O)(=O)Nc2ccc(-c3nc4ccc(C)cc4s3)cc2)cc1Br. The van der Waals surface area contributed by atoms with Gasteiger partial charge in [-0.3, -0.25) is 4.72 Å². The van der Waals surface area contributed by atoms with Gasteiger partial charge in [0.1, 0.15) is 10.8 Å². The molecule has 0 unspecified atom stereocenters. The second kappa shape index (κ2) is 7.78. The predicted octanol–water partition coefficient (Wildman–Crippen LogP) is 5.84. The van der Waals surface area contributed by atoms with Gasteiger partial charge in [0.15, 0.2) is 0 Å². The number of anilines is 1. The van der Waals surface area contributed by atoms with E-state index in [-0.39, 0.29) is 4.90 Å². The minimum absolute atomic E-state index is 0.149. The molecule has 0 aliphatic heterocycles. The normalized spacial score (nSPS) is 11.6. The number of thiazole rings is 1. The van der Waals surface area contributed by atoms with Crippen LogP contribution in [0.3, 0.4) is 0 Å². The molecule has 0 radical (unpaired) electrons. The van der Waals surface area contributed by atoms with Crippen molar-refractivity contribution >= 4 is 53.2 Å². The number of nitrogens with one attached hydrogen (secondary N) is 1. The van der Waals surface area contributed by atoms with Gasteiger partial charge in [-0.05, 0) is 83.0 Å². The molecule has 0 saturated carbocycles. The minimum Gasteiger partial charge on any atom is -0.496 e. The lowest BCUT2D eigenvalue weighted by atomic mass is 10.2. The van der Waals surface area contributed by atoms with Crippen LogP contribution >= 0.6 is 27.3 Å². The first-order valence-corrected chi connectivity index (χ1v) is 11.8. The third-order valence-electron chi connectivity index (χ3n) is 4.36. The van der Waals surface area contributed by atoms with Gasteiger partial charge < -0.3 is 4.74 Å². The Morgan fingerprint density at radius 3 is 2.48 bits per heavy atom. The minimum atomic E-state index is -3.71. The molecule has 0 saturated heterocycles.